The zero-order chi connectivity index (χ0) is 10.8. The summed E-state index contributed by atoms with van der Waals surface area (Å²) >= 11 is 0. The molecule has 0 rings (SSSR count). The van der Waals surface area contributed by atoms with Gasteiger partial charge in [0.2, 0.25) is 0 Å². The van der Waals surface area contributed by atoms with Crippen molar-refractivity contribution in [3.8, 4) is 0 Å². The Bertz CT molecular complexity index is 118. The minimum Gasteiger partial charge on any atom is -0.367 e. The molecule has 0 unspecified atom stereocenters. The normalized spacial score (nSPS) is 11.6. The molecule has 0 heterocycles. The first-order valence-corrected chi connectivity index (χ1v) is 5.71. The van der Waals surface area contributed by atoms with Crippen molar-refractivity contribution in [3.05, 3.63) is 0 Å². The molecule has 2 N–H and O–H groups in total. The molecule has 3 nitrogen and oxygen atoms in total. The minimum absolute atomic E-state index is 0.356. The molecule has 0 atom stereocenters. The molecule has 0 aliphatic carbocycles. The van der Waals surface area contributed by atoms with Crippen molar-refractivity contribution < 1.29 is 10.2 Å². The van der Waals surface area contributed by atoms with Gasteiger partial charge in [-0.15, -0.1) is 0 Å². The van der Waals surface area contributed by atoms with E-state index in [0.717, 1.165) is 13.0 Å². The largest absolute Gasteiger partial charge is 0.367 e. The standard InChI is InChI=1S/C11H25NO2/c1-3-4-5-6-7-8-9-12(2)10-11(13)14/h11,13-14H,3-10H2,1-2H3. The Morgan fingerprint density at radius 3 is 2.14 bits per heavy atom. The van der Waals surface area contributed by atoms with Crippen molar-refractivity contribution in [3.63, 3.8) is 0 Å². The third-order valence-electron chi connectivity index (χ3n) is 2.37. The van der Waals surface area contributed by atoms with Crippen LogP contribution in [0.2, 0.25) is 0 Å². The average molecular weight is 203 g/mol. The third-order valence-corrected chi connectivity index (χ3v) is 2.37. The van der Waals surface area contributed by atoms with Crippen molar-refractivity contribution >= 4 is 0 Å². The van der Waals surface area contributed by atoms with E-state index in [1.54, 1.807) is 0 Å². The van der Waals surface area contributed by atoms with Crippen LogP contribution < -0.4 is 0 Å². The Morgan fingerprint density at radius 1 is 1.00 bits per heavy atom. The number of hydrogen-bond donors (Lipinski definition) is 2. The van der Waals surface area contributed by atoms with Crippen LogP contribution >= 0.6 is 0 Å². The molecule has 0 aromatic rings. The first-order chi connectivity index (χ1) is 6.66. The Labute approximate surface area is 87.7 Å². The highest BCUT2D eigenvalue weighted by Crippen LogP contribution is 2.05. The summed E-state index contributed by atoms with van der Waals surface area (Å²) < 4.78 is 0. The molecule has 0 aliphatic rings. The lowest BCUT2D eigenvalue weighted by molar-refractivity contribution is -0.0573. The second-order valence-corrected chi connectivity index (χ2v) is 4.01. The predicted octanol–water partition coefficient (Wildman–Crippen LogP) is 1.59. The summed E-state index contributed by atoms with van der Waals surface area (Å²) in [6.45, 7) is 3.54. The van der Waals surface area contributed by atoms with Crippen LogP contribution in [0.1, 0.15) is 45.4 Å². The molecule has 3 heteroatoms. The molecule has 14 heavy (non-hydrogen) atoms. The van der Waals surface area contributed by atoms with Crippen LogP contribution in [0.15, 0.2) is 0 Å². The summed E-state index contributed by atoms with van der Waals surface area (Å²) in [6, 6.07) is 0. The molecular formula is C11H25NO2. The molecule has 0 aromatic heterocycles. The van der Waals surface area contributed by atoms with Gasteiger partial charge in [-0.25, -0.2) is 0 Å². The van der Waals surface area contributed by atoms with E-state index in [4.69, 9.17) is 10.2 Å². The maximum absolute atomic E-state index is 8.71. The Morgan fingerprint density at radius 2 is 1.57 bits per heavy atom. The number of likely N-dealkylation sites (N-methyl/N-ethyl adjacent to an activating group) is 1. The average Bonchev–Trinajstić information content (AvgIpc) is 2.10. The Balaban J connectivity index is 3.10. The second kappa shape index (κ2) is 9.44. The van der Waals surface area contributed by atoms with Crippen LogP contribution in [-0.2, 0) is 0 Å². The number of aliphatic hydroxyl groups excluding tert-OH is 1. The van der Waals surface area contributed by atoms with E-state index < -0.39 is 6.29 Å². The highest BCUT2D eigenvalue weighted by atomic mass is 16.5. The molecule has 0 saturated heterocycles. The first kappa shape index (κ1) is 13.9. The van der Waals surface area contributed by atoms with Gasteiger partial charge in [0.25, 0.3) is 0 Å². The van der Waals surface area contributed by atoms with Gasteiger partial charge in [0.05, 0.1) is 0 Å². The van der Waals surface area contributed by atoms with Crippen LogP contribution in [0, 0.1) is 0 Å². The van der Waals surface area contributed by atoms with E-state index in [0.29, 0.717) is 6.54 Å². The molecule has 0 radical (unpaired) electrons. The van der Waals surface area contributed by atoms with Crippen LogP contribution in [0.25, 0.3) is 0 Å². The number of rotatable bonds is 9. The van der Waals surface area contributed by atoms with Crippen molar-refractivity contribution in [1.29, 1.82) is 0 Å². The van der Waals surface area contributed by atoms with E-state index in [1.807, 2.05) is 11.9 Å². The van der Waals surface area contributed by atoms with Crippen molar-refractivity contribution in [2.75, 3.05) is 20.1 Å². The lowest BCUT2D eigenvalue weighted by Crippen LogP contribution is -2.29. The van der Waals surface area contributed by atoms with Crippen molar-refractivity contribution in [2.45, 2.75) is 51.7 Å². The highest BCUT2D eigenvalue weighted by Gasteiger charge is 2.02. The summed E-state index contributed by atoms with van der Waals surface area (Å²) in [6.07, 6.45) is 6.49. The van der Waals surface area contributed by atoms with Gasteiger partial charge in [-0.2, -0.15) is 0 Å². The fraction of sp³-hybridized carbons (Fsp3) is 1.00. The SMILES string of the molecule is CCCCCCCCN(C)CC(O)O. The molecule has 0 spiro atoms. The monoisotopic (exact) mass is 203 g/mol. The number of hydrogen-bond acceptors (Lipinski definition) is 3. The van der Waals surface area contributed by atoms with Gasteiger partial charge in [-0.1, -0.05) is 39.0 Å². The molecule has 0 saturated carbocycles. The van der Waals surface area contributed by atoms with Crippen LogP contribution in [0.5, 0.6) is 0 Å². The minimum atomic E-state index is -1.19. The van der Waals surface area contributed by atoms with Gasteiger partial charge in [0.1, 0.15) is 0 Å². The van der Waals surface area contributed by atoms with Crippen LogP contribution in [-0.4, -0.2) is 41.5 Å². The lowest BCUT2D eigenvalue weighted by atomic mass is 10.1. The van der Waals surface area contributed by atoms with Gasteiger partial charge in [0, 0.05) is 6.54 Å². The molecule has 0 fully saturated rings. The third kappa shape index (κ3) is 9.96. The van der Waals surface area contributed by atoms with E-state index in [2.05, 4.69) is 6.92 Å². The summed E-state index contributed by atoms with van der Waals surface area (Å²) in [5, 5.41) is 17.4. The quantitative estimate of drug-likeness (QED) is 0.442. The van der Waals surface area contributed by atoms with Gasteiger partial charge in [-0.05, 0) is 20.0 Å². The second-order valence-electron chi connectivity index (χ2n) is 4.01. The smallest absolute Gasteiger partial charge is 0.164 e. The highest BCUT2D eigenvalue weighted by molar-refractivity contribution is 4.53. The van der Waals surface area contributed by atoms with Gasteiger partial charge >= 0.3 is 0 Å². The van der Waals surface area contributed by atoms with E-state index in [-0.39, 0.29) is 0 Å². The Hall–Kier alpha value is -0.120. The number of unbranched alkanes of at least 4 members (excludes halogenated alkanes) is 5. The van der Waals surface area contributed by atoms with Crippen LogP contribution in [0.3, 0.4) is 0 Å². The van der Waals surface area contributed by atoms with Gasteiger partial charge in [0.15, 0.2) is 6.29 Å². The summed E-state index contributed by atoms with van der Waals surface area (Å²) in [5.74, 6) is 0. The summed E-state index contributed by atoms with van der Waals surface area (Å²) in [7, 11) is 1.92. The summed E-state index contributed by atoms with van der Waals surface area (Å²) in [4.78, 5) is 1.96. The molecule has 0 bridgehead atoms. The number of aliphatic hydroxyl groups is 2. The summed E-state index contributed by atoms with van der Waals surface area (Å²) in [5.41, 5.74) is 0. The first-order valence-electron chi connectivity index (χ1n) is 5.71. The van der Waals surface area contributed by atoms with Gasteiger partial charge < -0.3 is 15.1 Å². The van der Waals surface area contributed by atoms with E-state index in [1.165, 1.54) is 32.1 Å². The van der Waals surface area contributed by atoms with Crippen molar-refractivity contribution in [2.24, 2.45) is 0 Å². The molecular weight excluding hydrogens is 178 g/mol. The van der Waals surface area contributed by atoms with Gasteiger partial charge in [-0.3, -0.25) is 0 Å². The zero-order valence-corrected chi connectivity index (χ0v) is 9.58. The van der Waals surface area contributed by atoms with E-state index >= 15 is 0 Å². The Kier molecular flexibility index (Phi) is 9.35. The topological polar surface area (TPSA) is 43.7 Å². The fourth-order valence-electron chi connectivity index (χ4n) is 1.53. The predicted molar refractivity (Wildman–Crippen MR) is 59.1 cm³/mol. The molecule has 86 valence electrons. The van der Waals surface area contributed by atoms with Crippen LogP contribution in [0.4, 0.5) is 0 Å². The number of nitrogens with zero attached hydrogens (tertiary/aromatic N) is 1. The lowest BCUT2D eigenvalue weighted by Gasteiger charge is -2.17. The molecule has 0 amide bonds. The van der Waals surface area contributed by atoms with E-state index in [9.17, 15) is 0 Å². The zero-order valence-electron chi connectivity index (χ0n) is 9.58. The molecule has 0 aliphatic heterocycles. The maximum Gasteiger partial charge on any atom is 0.164 e. The maximum atomic E-state index is 8.71. The van der Waals surface area contributed by atoms with Crippen molar-refractivity contribution in [1.82, 2.24) is 4.90 Å². The fourth-order valence-corrected chi connectivity index (χ4v) is 1.53. The molecule has 0 aromatic carbocycles.